The Hall–Kier alpha value is -1.40. The van der Waals surface area contributed by atoms with Crippen molar-refractivity contribution >= 4 is 17.7 Å². The monoisotopic (exact) mass is 379 g/mol. The average molecular weight is 380 g/mol. The first-order valence-corrected chi connectivity index (χ1v) is 10.6. The molecule has 5 nitrogen and oxygen atoms in total. The van der Waals surface area contributed by atoms with Gasteiger partial charge in [-0.1, -0.05) is 25.1 Å². The van der Waals surface area contributed by atoms with Gasteiger partial charge in [0.25, 0.3) is 0 Å². The molecule has 1 heterocycles. The van der Waals surface area contributed by atoms with Gasteiger partial charge in [0.1, 0.15) is 12.4 Å². The second-order valence-corrected chi connectivity index (χ2v) is 8.21. The maximum Gasteiger partial charge on any atom is 0.193 e. The Kier molecular flexibility index (Phi) is 9.12. The zero-order valence-electron chi connectivity index (χ0n) is 16.4. The summed E-state index contributed by atoms with van der Waals surface area (Å²) in [6.07, 6.45) is 2.16. The number of rotatable bonds is 9. The van der Waals surface area contributed by atoms with E-state index in [0.717, 1.165) is 63.2 Å². The van der Waals surface area contributed by atoms with Crippen LogP contribution in [0.5, 0.6) is 5.75 Å². The van der Waals surface area contributed by atoms with Crippen LogP contribution in [0.1, 0.15) is 26.7 Å². The molecule has 0 unspecified atom stereocenters. The molecule has 0 amide bonds. The van der Waals surface area contributed by atoms with Crippen molar-refractivity contribution in [2.45, 2.75) is 31.4 Å². The highest BCUT2D eigenvalue weighted by molar-refractivity contribution is 8.00. The quantitative estimate of drug-likeness (QED) is 0.527. The molecule has 1 aromatic carbocycles. The van der Waals surface area contributed by atoms with E-state index in [9.17, 15) is 0 Å². The molecule has 146 valence electrons. The van der Waals surface area contributed by atoms with Crippen LogP contribution in [0.25, 0.3) is 0 Å². The number of hydrogen-bond acceptors (Lipinski definition) is 4. The van der Waals surface area contributed by atoms with Crippen LogP contribution in [0.3, 0.4) is 0 Å². The Morgan fingerprint density at radius 3 is 2.65 bits per heavy atom. The van der Waals surface area contributed by atoms with Crippen molar-refractivity contribution in [3.8, 4) is 5.75 Å². The molecule has 1 aliphatic heterocycles. The van der Waals surface area contributed by atoms with Gasteiger partial charge >= 0.3 is 0 Å². The molecule has 0 bridgehead atoms. The molecule has 0 radical (unpaired) electrons. The first-order chi connectivity index (χ1) is 12.7. The molecule has 0 spiro atoms. The van der Waals surface area contributed by atoms with Crippen molar-refractivity contribution in [2.24, 2.45) is 4.99 Å². The second kappa shape index (κ2) is 11.3. The number of para-hydroxylation sites is 1. The predicted molar refractivity (Wildman–Crippen MR) is 111 cm³/mol. The molecule has 0 atom stereocenters. The lowest BCUT2D eigenvalue weighted by atomic mass is 9.99. The molecule has 1 saturated heterocycles. The normalized spacial score (nSPS) is 17.0. The van der Waals surface area contributed by atoms with Crippen LogP contribution < -0.4 is 10.1 Å². The van der Waals surface area contributed by atoms with Crippen LogP contribution in [-0.2, 0) is 4.74 Å². The van der Waals surface area contributed by atoms with Crippen LogP contribution in [-0.4, -0.2) is 67.9 Å². The number of likely N-dealkylation sites (N-methyl/N-ethyl adjacent to an activating group) is 1. The Labute approximate surface area is 162 Å². The van der Waals surface area contributed by atoms with E-state index >= 15 is 0 Å². The molecule has 1 N–H and O–H groups in total. The molecular weight excluding hydrogens is 346 g/mol. The summed E-state index contributed by atoms with van der Waals surface area (Å²) in [5, 5.41) is 3.41. The third-order valence-corrected chi connectivity index (χ3v) is 5.95. The third kappa shape index (κ3) is 6.72. The summed E-state index contributed by atoms with van der Waals surface area (Å²) in [5.41, 5.74) is 0. The molecule has 1 aromatic rings. The fraction of sp³-hybridized carbons (Fsp3) is 0.650. The molecule has 0 aliphatic carbocycles. The van der Waals surface area contributed by atoms with Gasteiger partial charge in [-0.15, -0.1) is 0 Å². The zero-order chi connectivity index (χ0) is 18.7. The summed E-state index contributed by atoms with van der Waals surface area (Å²) < 4.78 is 11.6. The lowest BCUT2D eigenvalue weighted by Crippen LogP contribution is -2.43. The van der Waals surface area contributed by atoms with E-state index in [1.165, 1.54) is 0 Å². The fourth-order valence-electron chi connectivity index (χ4n) is 3.01. The Bertz CT molecular complexity index is 528. The summed E-state index contributed by atoms with van der Waals surface area (Å²) >= 11 is 2.03. The smallest absolute Gasteiger partial charge is 0.193 e. The lowest BCUT2D eigenvalue weighted by Gasteiger charge is -2.35. The molecule has 1 fully saturated rings. The minimum absolute atomic E-state index is 0.217. The highest BCUT2D eigenvalue weighted by Crippen LogP contribution is 2.35. The molecule has 1 aliphatic rings. The summed E-state index contributed by atoms with van der Waals surface area (Å²) in [6, 6.07) is 9.94. The van der Waals surface area contributed by atoms with Crippen molar-refractivity contribution < 1.29 is 9.47 Å². The lowest BCUT2D eigenvalue weighted by molar-refractivity contribution is 0.0793. The number of hydrogen-bond donors (Lipinski definition) is 1. The highest BCUT2D eigenvalue weighted by atomic mass is 32.2. The van der Waals surface area contributed by atoms with E-state index in [2.05, 4.69) is 31.1 Å². The van der Waals surface area contributed by atoms with E-state index in [1.807, 2.05) is 42.1 Å². The highest BCUT2D eigenvalue weighted by Gasteiger charge is 2.32. The van der Waals surface area contributed by atoms with Crippen molar-refractivity contribution in [3.63, 3.8) is 0 Å². The minimum atomic E-state index is 0.217. The maximum absolute atomic E-state index is 5.81. The van der Waals surface area contributed by atoms with Crippen molar-refractivity contribution in [1.29, 1.82) is 0 Å². The van der Waals surface area contributed by atoms with E-state index in [-0.39, 0.29) is 4.75 Å². The van der Waals surface area contributed by atoms with E-state index in [1.54, 1.807) is 0 Å². The Morgan fingerprint density at radius 1 is 1.27 bits per heavy atom. The molecule has 2 rings (SSSR count). The van der Waals surface area contributed by atoms with E-state index < -0.39 is 0 Å². The van der Waals surface area contributed by atoms with Gasteiger partial charge in [-0.25, -0.2) is 0 Å². The summed E-state index contributed by atoms with van der Waals surface area (Å²) in [4.78, 5) is 7.10. The maximum atomic E-state index is 5.81. The van der Waals surface area contributed by atoms with Crippen molar-refractivity contribution in [3.05, 3.63) is 30.3 Å². The van der Waals surface area contributed by atoms with Crippen molar-refractivity contribution in [1.82, 2.24) is 10.2 Å². The average Bonchev–Trinajstić information content (AvgIpc) is 2.67. The Balaban J connectivity index is 1.91. The van der Waals surface area contributed by atoms with Gasteiger partial charge in [0.15, 0.2) is 5.96 Å². The Morgan fingerprint density at radius 2 is 2.00 bits per heavy atom. The number of benzene rings is 1. The first-order valence-electron chi connectivity index (χ1n) is 9.58. The van der Waals surface area contributed by atoms with E-state index in [4.69, 9.17) is 14.5 Å². The number of guanidine groups is 1. The molecule has 26 heavy (non-hydrogen) atoms. The zero-order valence-corrected chi connectivity index (χ0v) is 17.2. The summed E-state index contributed by atoms with van der Waals surface area (Å²) in [6.45, 7) is 9.14. The molecular formula is C20H33N3O2S. The third-order valence-electron chi connectivity index (χ3n) is 4.51. The number of nitrogens with zero attached hydrogens (tertiary/aromatic N) is 2. The van der Waals surface area contributed by atoms with Crippen LogP contribution in [0.2, 0.25) is 0 Å². The number of nitrogens with one attached hydrogen (secondary N) is 1. The number of thioether (sulfide) groups is 1. The fourth-order valence-corrected chi connectivity index (χ4v) is 4.23. The van der Waals surface area contributed by atoms with Crippen LogP contribution in [0.4, 0.5) is 0 Å². The predicted octanol–water partition coefficient (Wildman–Crippen LogP) is 3.27. The standard InChI is InChI=1S/C20H33N3O2S/c1-4-21-19(22-17-20(26-5-2)11-14-24-15-12-20)23(3)13-16-25-18-9-7-6-8-10-18/h6-10H,4-5,11-17H2,1-3H3,(H,21,22). The van der Waals surface area contributed by atoms with Gasteiger partial charge in [-0.2, -0.15) is 11.8 Å². The van der Waals surface area contributed by atoms with Gasteiger partial charge in [-0.05, 0) is 37.7 Å². The largest absolute Gasteiger partial charge is 0.492 e. The SMILES string of the molecule is CCNC(=NCC1(SCC)CCOCC1)N(C)CCOc1ccccc1. The second-order valence-electron chi connectivity index (χ2n) is 6.48. The first kappa shape index (κ1) is 20.9. The van der Waals surface area contributed by atoms with E-state index in [0.29, 0.717) is 6.61 Å². The number of aliphatic imine (C=N–C) groups is 1. The minimum Gasteiger partial charge on any atom is -0.492 e. The van der Waals surface area contributed by atoms with Gasteiger partial charge in [-0.3, -0.25) is 4.99 Å². The topological polar surface area (TPSA) is 46.1 Å². The van der Waals surface area contributed by atoms with Crippen LogP contribution in [0.15, 0.2) is 35.3 Å². The summed E-state index contributed by atoms with van der Waals surface area (Å²) in [7, 11) is 2.07. The van der Waals surface area contributed by atoms with Gasteiger partial charge in [0.05, 0.1) is 13.1 Å². The van der Waals surface area contributed by atoms with Crippen molar-refractivity contribution in [2.75, 3.05) is 52.3 Å². The summed E-state index contributed by atoms with van der Waals surface area (Å²) in [5.74, 6) is 2.97. The molecule has 0 aromatic heterocycles. The molecule has 6 heteroatoms. The van der Waals surface area contributed by atoms with Crippen LogP contribution in [0, 0.1) is 0 Å². The van der Waals surface area contributed by atoms with Gasteiger partial charge in [0, 0.05) is 31.6 Å². The van der Waals surface area contributed by atoms with Crippen LogP contribution >= 0.6 is 11.8 Å². The molecule has 0 saturated carbocycles. The van der Waals surface area contributed by atoms with Gasteiger partial charge in [0.2, 0.25) is 0 Å². The number of ether oxygens (including phenoxy) is 2. The van der Waals surface area contributed by atoms with Gasteiger partial charge < -0.3 is 19.7 Å².